The van der Waals surface area contributed by atoms with E-state index in [1.165, 1.54) is 12.1 Å². The van der Waals surface area contributed by atoms with Crippen LogP contribution in [0.4, 0.5) is 4.39 Å². The van der Waals surface area contributed by atoms with Crippen LogP contribution >= 0.6 is 0 Å². The average Bonchev–Trinajstić information content (AvgIpc) is 2.34. The molecule has 0 aliphatic carbocycles. The maximum Gasteiger partial charge on any atom is 0.236 e. The smallest absolute Gasteiger partial charge is 0.236 e. The van der Waals surface area contributed by atoms with E-state index >= 15 is 0 Å². The molecule has 0 radical (unpaired) electrons. The number of likely N-dealkylation sites (N-methyl/N-ethyl adjacent to an activating group) is 1. The normalized spacial score (nSPS) is 11.6. The lowest BCUT2D eigenvalue weighted by Gasteiger charge is -2.12. The van der Waals surface area contributed by atoms with E-state index in [9.17, 15) is 9.18 Å². The van der Waals surface area contributed by atoms with Crippen LogP contribution in [0.2, 0.25) is 0 Å². The summed E-state index contributed by atoms with van der Waals surface area (Å²) in [4.78, 5) is 11.2. The second kappa shape index (κ2) is 5.97. The minimum atomic E-state index is -0.451. The zero-order valence-electron chi connectivity index (χ0n) is 9.75. The summed E-state index contributed by atoms with van der Waals surface area (Å²) in [5.41, 5.74) is 0.909. The van der Waals surface area contributed by atoms with Crippen molar-refractivity contribution < 1.29 is 9.18 Å². The molecule has 1 atom stereocenters. The van der Waals surface area contributed by atoms with Gasteiger partial charge in [0.1, 0.15) is 5.82 Å². The number of nitrogens with zero attached hydrogens (tertiary/aromatic N) is 1. The Hall–Kier alpha value is -1.93. The Morgan fingerprint density at radius 3 is 2.82 bits per heavy atom. The van der Waals surface area contributed by atoms with E-state index in [4.69, 9.17) is 5.26 Å². The minimum Gasteiger partial charge on any atom is -0.358 e. The fraction of sp³-hybridized carbons (Fsp3) is 0.333. The van der Waals surface area contributed by atoms with Gasteiger partial charge in [-0.25, -0.2) is 4.39 Å². The first-order valence-corrected chi connectivity index (χ1v) is 5.21. The van der Waals surface area contributed by atoms with Crippen molar-refractivity contribution in [3.63, 3.8) is 0 Å². The summed E-state index contributed by atoms with van der Waals surface area (Å²) in [6.45, 7) is 2.05. The molecule has 1 unspecified atom stereocenters. The van der Waals surface area contributed by atoms with E-state index < -0.39 is 5.82 Å². The third-order valence-corrected chi connectivity index (χ3v) is 2.34. The van der Waals surface area contributed by atoms with Crippen LogP contribution in [0.25, 0.3) is 0 Å². The first-order valence-electron chi connectivity index (χ1n) is 5.21. The van der Waals surface area contributed by atoms with Gasteiger partial charge in [-0.05, 0) is 30.7 Å². The molecule has 0 aromatic heterocycles. The summed E-state index contributed by atoms with van der Waals surface area (Å²) >= 11 is 0. The first-order chi connectivity index (χ1) is 8.06. The molecule has 4 nitrogen and oxygen atoms in total. The van der Waals surface area contributed by atoms with Crippen molar-refractivity contribution in [2.24, 2.45) is 0 Å². The highest BCUT2D eigenvalue weighted by atomic mass is 19.1. The van der Waals surface area contributed by atoms with Crippen LogP contribution in [0.5, 0.6) is 0 Å². The number of halogens is 1. The molecular formula is C12H14FN3O. The number of nitriles is 1. The summed E-state index contributed by atoms with van der Waals surface area (Å²) in [6, 6.07) is 5.62. The van der Waals surface area contributed by atoms with Gasteiger partial charge in [0.05, 0.1) is 17.7 Å². The SMILES string of the molecule is CNC(=O)C(C)NCc1cc(F)cc(C#N)c1. The fourth-order valence-corrected chi connectivity index (χ4v) is 1.40. The maximum atomic E-state index is 13.1. The Kier molecular flexibility index (Phi) is 4.61. The molecule has 1 aromatic carbocycles. The van der Waals surface area contributed by atoms with Gasteiger partial charge in [0.15, 0.2) is 0 Å². The van der Waals surface area contributed by atoms with Crippen LogP contribution in [0.1, 0.15) is 18.1 Å². The number of hydrogen-bond acceptors (Lipinski definition) is 3. The lowest BCUT2D eigenvalue weighted by Crippen LogP contribution is -2.40. The van der Waals surface area contributed by atoms with Gasteiger partial charge in [-0.15, -0.1) is 0 Å². The summed E-state index contributed by atoms with van der Waals surface area (Å²) in [7, 11) is 1.55. The predicted octanol–water partition coefficient (Wildman–Crippen LogP) is 0.921. The second-order valence-electron chi connectivity index (χ2n) is 3.68. The molecule has 0 spiro atoms. The van der Waals surface area contributed by atoms with Crippen molar-refractivity contribution in [2.75, 3.05) is 7.05 Å². The van der Waals surface area contributed by atoms with Crippen LogP contribution in [0.3, 0.4) is 0 Å². The highest BCUT2D eigenvalue weighted by Crippen LogP contribution is 2.08. The van der Waals surface area contributed by atoms with E-state index in [1.807, 2.05) is 6.07 Å². The molecule has 2 N–H and O–H groups in total. The molecule has 0 heterocycles. The number of carbonyl (C=O) groups excluding carboxylic acids is 1. The largest absolute Gasteiger partial charge is 0.358 e. The van der Waals surface area contributed by atoms with Gasteiger partial charge in [-0.2, -0.15) is 5.26 Å². The van der Waals surface area contributed by atoms with E-state index in [0.29, 0.717) is 12.1 Å². The molecule has 0 fully saturated rings. The van der Waals surface area contributed by atoms with Gasteiger partial charge in [0.2, 0.25) is 5.91 Å². The van der Waals surface area contributed by atoms with Gasteiger partial charge >= 0.3 is 0 Å². The van der Waals surface area contributed by atoms with Gasteiger partial charge in [-0.1, -0.05) is 0 Å². The third kappa shape index (κ3) is 3.85. The maximum absolute atomic E-state index is 13.1. The zero-order valence-corrected chi connectivity index (χ0v) is 9.75. The van der Waals surface area contributed by atoms with E-state index in [2.05, 4.69) is 10.6 Å². The minimum absolute atomic E-state index is 0.137. The number of benzene rings is 1. The van der Waals surface area contributed by atoms with E-state index in [0.717, 1.165) is 0 Å². The Morgan fingerprint density at radius 2 is 2.24 bits per heavy atom. The van der Waals surface area contributed by atoms with Crippen LogP contribution in [0.15, 0.2) is 18.2 Å². The lowest BCUT2D eigenvalue weighted by molar-refractivity contribution is -0.122. The quantitative estimate of drug-likeness (QED) is 0.815. The van der Waals surface area contributed by atoms with Crippen LogP contribution < -0.4 is 10.6 Å². The van der Waals surface area contributed by atoms with Crippen LogP contribution in [0, 0.1) is 17.1 Å². The molecule has 0 bridgehead atoms. The molecule has 0 saturated heterocycles. The van der Waals surface area contributed by atoms with Crippen molar-refractivity contribution in [3.8, 4) is 6.07 Å². The molecule has 1 amide bonds. The standard InChI is InChI=1S/C12H14FN3O/c1-8(12(17)15-2)16-7-10-3-9(6-14)4-11(13)5-10/h3-5,8,16H,7H2,1-2H3,(H,15,17). The van der Waals surface area contributed by atoms with E-state index in [1.54, 1.807) is 20.0 Å². The Balaban J connectivity index is 2.67. The highest BCUT2D eigenvalue weighted by molar-refractivity contribution is 5.80. The number of hydrogen-bond donors (Lipinski definition) is 2. The van der Waals surface area contributed by atoms with Crippen molar-refractivity contribution in [3.05, 3.63) is 35.1 Å². The molecule has 5 heteroatoms. The van der Waals surface area contributed by atoms with Crippen molar-refractivity contribution in [1.29, 1.82) is 5.26 Å². The number of amides is 1. The molecule has 17 heavy (non-hydrogen) atoms. The van der Waals surface area contributed by atoms with Crippen LogP contribution in [-0.2, 0) is 11.3 Å². The third-order valence-electron chi connectivity index (χ3n) is 2.34. The van der Waals surface area contributed by atoms with Gasteiger partial charge in [0.25, 0.3) is 0 Å². The topological polar surface area (TPSA) is 64.9 Å². The molecule has 1 rings (SSSR count). The molecule has 1 aromatic rings. The fourth-order valence-electron chi connectivity index (χ4n) is 1.40. The van der Waals surface area contributed by atoms with Gasteiger partial charge in [-0.3, -0.25) is 4.79 Å². The first kappa shape index (κ1) is 13.1. The van der Waals surface area contributed by atoms with Gasteiger partial charge in [0, 0.05) is 13.6 Å². The molecule has 0 aliphatic heterocycles. The molecular weight excluding hydrogens is 221 g/mol. The summed E-state index contributed by atoms with van der Waals surface area (Å²) in [5, 5.41) is 14.1. The number of nitrogens with one attached hydrogen (secondary N) is 2. The zero-order chi connectivity index (χ0) is 12.8. The van der Waals surface area contributed by atoms with Gasteiger partial charge < -0.3 is 10.6 Å². The second-order valence-corrected chi connectivity index (χ2v) is 3.68. The highest BCUT2D eigenvalue weighted by Gasteiger charge is 2.10. The Morgan fingerprint density at radius 1 is 1.53 bits per heavy atom. The molecule has 0 aliphatic rings. The average molecular weight is 235 g/mol. The summed E-state index contributed by atoms with van der Waals surface area (Å²) < 4.78 is 13.1. The predicted molar refractivity (Wildman–Crippen MR) is 61.5 cm³/mol. The summed E-state index contributed by atoms with van der Waals surface area (Å²) in [5.74, 6) is -0.588. The Labute approximate surface area is 99.4 Å². The van der Waals surface area contributed by atoms with Crippen molar-refractivity contribution in [2.45, 2.75) is 19.5 Å². The van der Waals surface area contributed by atoms with Crippen molar-refractivity contribution in [1.82, 2.24) is 10.6 Å². The number of carbonyl (C=O) groups is 1. The molecule has 90 valence electrons. The number of rotatable bonds is 4. The monoisotopic (exact) mass is 235 g/mol. The van der Waals surface area contributed by atoms with Crippen molar-refractivity contribution >= 4 is 5.91 Å². The lowest BCUT2D eigenvalue weighted by atomic mass is 10.1. The van der Waals surface area contributed by atoms with E-state index in [-0.39, 0.29) is 17.5 Å². The summed E-state index contributed by atoms with van der Waals surface area (Å²) in [6.07, 6.45) is 0. The molecule has 0 saturated carbocycles. The Bertz CT molecular complexity index is 454. The van der Waals surface area contributed by atoms with Crippen LogP contribution in [-0.4, -0.2) is 19.0 Å².